The standard InChI is InChI=1S/C15H12Cl2FNO5S/c1-23-14-9(15(20)19-25(2,21)22)4-6-12(13(14)18)24-8-3-5-10(16)11(17)7-8/h3-7H,1-2H3,(H,19,20). The number of halogens is 3. The van der Waals surface area contributed by atoms with Gasteiger partial charge in [0.2, 0.25) is 15.8 Å². The van der Waals surface area contributed by atoms with Gasteiger partial charge in [-0.2, -0.15) is 4.39 Å². The van der Waals surface area contributed by atoms with Gasteiger partial charge >= 0.3 is 0 Å². The third-order valence-corrected chi connectivity index (χ3v) is 4.20. The summed E-state index contributed by atoms with van der Waals surface area (Å²) < 4.78 is 48.8. The first-order chi connectivity index (χ1) is 11.6. The highest BCUT2D eigenvalue weighted by molar-refractivity contribution is 7.89. The summed E-state index contributed by atoms with van der Waals surface area (Å²) >= 11 is 11.7. The van der Waals surface area contributed by atoms with Crippen LogP contribution in [-0.4, -0.2) is 27.7 Å². The van der Waals surface area contributed by atoms with Gasteiger partial charge in [-0.15, -0.1) is 0 Å². The maximum absolute atomic E-state index is 14.6. The summed E-state index contributed by atoms with van der Waals surface area (Å²) in [5.41, 5.74) is -0.299. The van der Waals surface area contributed by atoms with E-state index in [1.807, 2.05) is 0 Å². The molecule has 0 spiro atoms. The fraction of sp³-hybridized carbons (Fsp3) is 0.133. The number of carbonyl (C=O) groups is 1. The van der Waals surface area contributed by atoms with E-state index < -0.39 is 27.5 Å². The summed E-state index contributed by atoms with van der Waals surface area (Å²) in [4.78, 5) is 11.9. The molecular weight excluding hydrogens is 396 g/mol. The normalized spacial score (nSPS) is 11.1. The molecule has 0 saturated heterocycles. The second-order valence-electron chi connectivity index (χ2n) is 4.84. The van der Waals surface area contributed by atoms with Gasteiger partial charge in [-0.1, -0.05) is 23.2 Å². The number of rotatable bonds is 5. The first kappa shape index (κ1) is 19.3. The number of benzene rings is 2. The molecule has 1 N–H and O–H groups in total. The number of hydrogen-bond donors (Lipinski definition) is 1. The van der Waals surface area contributed by atoms with Crippen LogP contribution in [0.4, 0.5) is 4.39 Å². The number of ether oxygens (including phenoxy) is 2. The fourth-order valence-electron chi connectivity index (χ4n) is 1.89. The van der Waals surface area contributed by atoms with Crippen molar-refractivity contribution in [2.75, 3.05) is 13.4 Å². The van der Waals surface area contributed by atoms with E-state index in [1.54, 1.807) is 4.72 Å². The molecule has 0 aromatic heterocycles. The smallest absolute Gasteiger partial charge is 0.268 e. The van der Waals surface area contributed by atoms with Crippen molar-refractivity contribution in [2.45, 2.75) is 0 Å². The van der Waals surface area contributed by atoms with Gasteiger partial charge in [0.05, 0.1) is 29.0 Å². The summed E-state index contributed by atoms with van der Waals surface area (Å²) in [5.74, 6) is -2.50. The van der Waals surface area contributed by atoms with Gasteiger partial charge in [-0.3, -0.25) is 4.79 Å². The quantitative estimate of drug-likeness (QED) is 0.818. The molecule has 2 rings (SSSR count). The molecule has 0 aliphatic rings. The van der Waals surface area contributed by atoms with Crippen LogP contribution < -0.4 is 14.2 Å². The van der Waals surface area contributed by atoms with E-state index in [-0.39, 0.29) is 22.1 Å². The number of methoxy groups -OCH3 is 1. The third-order valence-electron chi connectivity index (χ3n) is 2.91. The predicted octanol–water partition coefficient (Wildman–Crippen LogP) is 3.62. The minimum Gasteiger partial charge on any atom is -0.493 e. The SMILES string of the molecule is COc1c(C(=O)NS(C)(=O)=O)ccc(Oc2ccc(Cl)c(Cl)c2)c1F. The van der Waals surface area contributed by atoms with Gasteiger partial charge in [-0.05, 0) is 24.3 Å². The number of carbonyl (C=O) groups excluding carboxylic acids is 1. The molecule has 2 aromatic rings. The van der Waals surface area contributed by atoms with E-state index in [0.29, 0.717) is 5.02 Å². The zero-order valence-corrected chi connectivity index (χ0v) is 15.3. The number of sulfonamides is 1. The molecule has 0 aliphatic heterocycles. The fourth-order valence-corrected chi connectivity index (χ4v) is 2.62. The Bertz CT molecular complexity index is 934. The van der Waals surface area contributed by atoms with Crippen LogP contribution in [0.25, 0.3) is 0 Å². The predicted molar refractivity (Wildman–Crippen MR) is 91.8 cm³/mol. The highest BCUT2D eigenvalue weighted by Gasteiger charge is 2.22. The van der Waals surface area contributed by atoms with Crippen molar-refractivity contribution in [3.8, 4) is 17.2 Å². The molecule has 0 atom stereocenters. The summed E-state index contributed by atoms with van der Waals surface area (Å²) in [6.45, 7) is 0. The Morgan fingerprint density at radius 1 is 1.16 bits per heavy atom. The molecule has 0 fully saturated rings. The third kappa shape index (κ3) is 4.75. The average molecular weight is 408 g/mol. The Balaban J connectivity index is 2.39. The lowest BCUT2D eigenvalue weighted by atomic mass is 10.1. The van der Waals surface area contributed by atoms with E-state index in [4.69, 9.17) is 32.7 Å². The highest BCUT2D eigenvalue weighted by atomic mass is 35.5. The second kappa shape index (κ2) is 7.47. The lowest BCUT2D eigenvalue weighted by Crippen LogP contribution is -2.29. The van der Waals surface area contributed by atoms with Gasteiger partial charge in [0.1, 0.15) is 5.75 Å². The lowest BCUT2D eigenvalue weighted by Gasteiger charge is -2.13. The largest absolute Gasteiger partial charge is 0.493 e. The van der Waals surface area contributed by atoms with E-state index in [1.165, 1.54) is 24.3 Å². The van der Waals surface area contributed by atoms with Crippen LogP contribution in [0.1, 0.15) is 10.4 Å². The van der Waals surface area contributed by atoms with Gasteiger partial charge in [0.25, 0.3) is 5.91 Å². The lowest BCUT2D eigenvalue weighted by molar-refractivity contribution is 0.0978. The number of hydrogen-bond acceptors (Lipinski definition) is 5. The van der Waals surface area contributed by atoms with Crippen molar-refractivity contribution in [1.82, 2.24) is 4.72 Å². The van der Waals surface area contributed by atoms with Crippen LogP contribution in [0.2, 0.25) is 10.0 Å². The maximum atomic E-state index is 14.6. The van der Waals surface area contributed by atoms with Crippen LogP contribution in [0.5, 0.6) is 17.2 Å². The van der Waals surface area contributed by atoms with Crippen LogP contribution in [0.3, 0.4) is 0 Å². The molecule has 0 aliphatic carbocycles. The van der Waals surface area contributed by atoms with Crippen molar-refractivity contribution in [1.29, 1.82) is 0 Å². The summed E-state index contributed by atoms with van der Waals surface area (Å²) in [5, 5.41) is 0.524. The maximum Gasteiger partial charge on any atom is 0.268 e. The van der Waals surface area contributed by atoms with Crippen molar-refractivity contribution < 1.29 is 27.1 Å². The number of amides is 1. The molecule has 25 heavy (non-hydrogen) atoms. The Morgan fingerprint density at radius 2 is 1.84 bits per heavy atom. The van der Waals surface area contributed by atoms with Crippen molar-refractivity contribution >= 4 is 39.1 Å². The molecule has 134 valence electrons. The molecule has 0 saturated carbocycles. The molecule has 0 unspecified atom stereocenters. The van der Waals surface area contributed by atoms with E-state index in [0.717, 1.165) is 19.4 Å². The van der Waals surface area contributed by atoms with Crippen molar-refractivity contribution in [3.05, 3.63) is 51.8 Å². The Labute approximate surface area is 153 Å². The van der Waals surface area contributed by atoms with Gasteiger partial charge < -0.3 is 9.47 Å². The van der Waals surface area contributed by atoms with E-state index in [2.05, 4.69) is 0 Å². The Hall–Kier alpha value is -2.03. The topological polar surface area (TPSA) is 81.7 Å². The summed E-state index contributed by atoms with van der Waals surface area (Å²) in [6, 6.07) is 6.68. The zero-order valence-electron chi connectivity index (χ0n) is 13.0. The molecule has 10 heteroatoms. The van der Waals surface area contributed by atoms with E-state index in [9.17, 15) is 17.6 Å². The highest BCUT2D eigenvalue weighted by Crippen LogP contribution is 2.35. The van der Waals surface area contributed by atoms with E-state index >= 15 is 0 Å². The van der Waals surface area contributed by atoms with Gasteiger partial charge in [-0.25, -0.2) is 13.1 Å². The first-order valence-corrected chi connectivity index (χ1v) is 9.28. The van der Waals surface area contributed by atoms with Gasteiger partial charge in [0, 0.05) is 6.07 Å². The first-order valence-electron chi connectivity index (χ1n) is 6.64. The molecule has 1 amide bonds. The Morgan fingerprint density at radius 3 is 2.40 bits per heavy atom. The molecule has 2 aromatic carbocycles. The van der Waals surface area contributed by atoms with Crippen LogP contribution in [0.15, 0.2) is 30.3 Å². The molecular formula is C15H12Cl2FNO5S. The van der Waals surface area contributed by atoms with Crippen LogP contribution in [0, 0.1) is 5.82 Å². The Kier molecular flexibility index (Phi) is 5.76. The summed E-state index contributed by atoms with van der Waals surface area (Å²) in [7, 11) is -2.68. The van der Waals surface area contributed by atoms with Crippen molar-refractivity contribution in [3.63, 3.8) is 0 Å². The van der Waals surface area contributed by atoms with Crippen LogP contribution in [-0.2, 0) is 10.0 Å². The summed E-state index contributed by atoms with van der Waals surface area (Å²) in [6.07, 6.45) is 0.801. The molecule has 0 bridgehead atoms. The van der Waals surface area contributed by atoms with Crippen molar-refractivity contribution in [2.24, 2.45) is 0 Å². The average Bonchev–Trinajstić information content (AvgIpc) is 2.51. The minimum atomic E-state index is -3.81. The minimum absolute atomic E-state index is 0.212. The monoisotopic (exact) mass is 407 g/mol. The molecule has 0 radical (unpaired) electrons. The number of nitrogens with one attached hydrogen (secondary N) is 1. The second-order valence-corrected chi connectivity index (χ2v) is 7.40. The molecule has 0 heterocycles. The zero-order chi connectivity index (χ0) is 18.8. The van der Waals surface area contributed by atoms with Crippen LogP contribution >= 0.6 is 23.2 Å². The molecule has 6 nitrogen and oxygen atoms in total. The van der Waals surface area contributed by atoms with Gasteiger partial charge in [0.15, 0.2) is 11.5 Å².